The van der Waals surface area contributed by atoms with Crippen LogP contribution in [0, 0.1) is 5.92 Å². The number of benzene rings is 1. The number of rotatable bonds is 3. The van der Waals surface area contributed by atoms with Gasteiger partial charge in [-0.2, -0.15) is 13.2 Å². The normalized spacial score (nSPS) is 23.2. The number of nitrogens with zero attached hydrogens (tertiary/aromatic N) is 2. The number of hydrogen-bond acceptors (Lipinski definition) is 4. The molecule has 0 saturated carbocycles. The minimum absolute atomic E-state index is 0.166. The van der Waals surface area contributed by atoms with E-state index in [0.717, 1.165) is 0 Å². The van der Waals surface area contributed by atoms with Gasteiger partial charge in [-0.25, -0.2) is 8.42 Å². The summed E-state index contributed by atoms with van der Waals surface area (Å²) >= 11 is 0. The van der Waals surface area contributed by atoms with Crippen LogP contribution in [0.15, 0.2) is 34.2 Å². The molecule has 1 aromatic rings. The molecule has 132 valence electrons. The molecule has 1 N–H and O–H groups in total. The zero-order chi connectivity index (χ0) is 17.4. The van der Waals surface area contributed by atoms with Crippen LogP contribution in [-0.2, 0) is 10.0 Å². The summed E-state index contributed by atoms with van der Waals surface area (Å²) in [5.74, 6) is 0.488. The summed E-state index contributed by atoms with van der Waals surface area (Å²) in [6.45, 7) is 0.308. The lowest BCUT2D eigenvalue weighted by Gasteiger charge is -2.31. The van der Waals surface area contributed by atoms with Gasteiger partial charge >= 0.3 is 6.18 Å². The summed E-state index contributed by atoms with van der Waals surface area (Å²) < 4.78 is 63.5. The van der Waals surface area contributed by atoms with E-state index in [4.69, 9.17) is 0 Å². The largest absolute Gasteiger partial charge is 0.401 e. The fourth-order valence-corrected chi connectivity index (χ4v) is 4.30. The molecule has 9 heteroatoms. The van der Waals surface area contributed by atoms with Crippen LogP contribution >= 0.6 is 0 Å². The summed E-state index contributed by atoms with van der Waals surface area (Å²) in [4.78, 5) is 5.98. The third kappa shape index (κ3) is 3.89. The number of halogens is 3. The Kier molecular flexibility index (Phi) is 4.56. The Bertz CT molecular complexity index is 739. The van der Waals surface area contributed by atoms with E-state index in [1.807, 2.05) is 0 Å². The molecule has 5 nitrogen and oxygen atoms in total. The molecule has 0 aliphatic carbocycles. The van der Waals surface area contributed by atoms with Crippen molar-refractivity contribution in [1.82, 2.24) is 9.62 Å². The first-order chi connectivity index (χ1) is 11.2. The number of aliphatic imine (C=N–C) groups is 1. The lowest BCUT2D eigenvalue weighted by Crippen LogP contribution is -2.40. The lowest BCUT2D eigenvalue weighted by molar-refractivity contribution is -0.148. The van der Waals surface area contributed by atoms with Crippen molar-refractivity contribution in [2.45, 2.75) is 23.9 Å². The molecule has 0 radical (unpaired) electrons. The second-order valence-electron chi connectivity index (χ2n) is 6.13. The molecule has 0 unspecified atom stereocenters. The highest BCUT2D eigenvalue weighted by atomic mass is 32.2. The minimum atomic E-state index is -4.17. The van der Waals surface area contributed by atoms with Crippen molar-refractivity contribution >= 4 is 15.9 Å². The van der Waals surface area contributed by atoms with Gasteiger partial charge < -0.3 is 0 Å². The Morgan fingerprint density at radius 2 is 1.88 bits per heavy atom. The minimum Gasteiger partial charge on any atom is -0.295 e. The Morgan fingerprint density at radius 3 is 2.54 bits per heavy atom. The molecular weight excluding hydrogens is 343 g/mol. The fraction of sp³-hybridized carbons (Fsp3) is 0.533. The van der Waals surface area contributed by atoms with Gasteiger partial charge in [0.05, 0.1) is 11.4 Å². The monoisotopic (exact) mass is 361 g/mol. The highest BCUT2D eigenvalue weighted by Gasteiger charge is 2.33. The van der Waals surface area contributed by atoms with Crippen LogP contribution in [0.4, 0.5) is 13.2 Å². The van der Waals surface area contributed by atoms with Crippen LogP contribution in [-0.4, -0.2) is 51.5 Å². The summed E-state index contributed by atoms with van der Waals surface area (Å²) in [6, 6.07) is 6.61. The van der Waals surface area contributed by atoms with E-state index in [0.29, 0.717) is 43.9 Å². The van der Waals surface area contributed by atoms with Crippen LogP contribution in [0.1, 0.15) is 18.4 Å². The fourth-order valence-electron chi connectivity index (χ4n) is 3.05. The number of fused-ring (bicyclic) bond motifs is 1. The van der Waals surface area contributed by atoms with Crippen LogP contribution in [0.5, 0.6) is 0 Å². The van der Waals surface area contributed by atoms with Gasteiger partial charge in [-0.05, 0) is 44.0 Å². The molecule has 2 aliphatic rings. The van der Waals surface area contributed by atoms with Crippen LogP contribution in [0.3, 0.4) is 0 Å². The van der Waals surface area contributed by atoms with Crippen LogP contribution in [0.25, 0.3) is 0 Å². The molecule has 0 spiro atoms. The molecule has 24 heavy (non-hydrogen) atoms. The highest BCUT2D eigenvalue weighted by Crippen LogP contribution is 2.25. The van der Waals surface area contributed by atoms with E-state index in [-0.39, 0.29) is 10.8 Å². The second-order valence-corrected chi connectivity index (χ2v) is 7.78. The molecule has 1 fully saturated rings. The molecule has 0 bridgehead atoms. The van der Waals surface area contributed by atoms with Crippen molar-refractivity contribution in [3.63, 3.8) is 0 Å². The van der Waals surface area contributed by atoms with Gasteiger partial charge in [0, 0.05) is 12.1 Å². The number of piperidine rings is 1. The molecule has 2 heterocycles. The van der Waals surface area contributed by atoms with Crippen molar-refractivity contribution in [1.29, 1.82) is 0 Å². The molecule has 3 rings (SSSR count). The predicted octanol–water partition coefficient (Wildman–Crippen LogP) is 2.00. The Balaban J connectivity index is 1.60. The van der Waals surface area contributed by atoms with E-state index < -0.39 is 22.7 Å². The maximum absolute atomic E-state index is 12.4. The van der Waals surface area contributed by atoms with Gasteiger partial charge in [-0.1, -0.05) is 12.1 Å². The highest BCUT2D eigenvalue weighted by molar-refractivity contribution is 7.90. The third-order valence-electron chi connectivity index (χ3n) is 4.28. The first-order valence-electron chi connectivity index (χ1n) is 7.70. The number of hydrogen-bond donors (Lipinski definition) is 1. The van der Waals surface area contributed by atoms with E-state index in [2.05, 4.69) is 9.71 Å². The van der Waals surface area contributed by atoms with Crippen molar-refractivity contribution in [2.75, 3.05) is 26.2 Å². The average molecular weight is 361 g/mol. The van der Waals surface area contributed by atoms with Crippen LogP contribution < -0.4 is 4.72 Å². The summed E-state index contributed by atoms with van der Waals surface area (Å²) in [5.41, 5.74) is 0.548. The smallest absolute Gasteiger partial charge is 0.295 e. The first-order valence-corrected chi connectivity index (χ1v) is 9.19. The van der Waals surface area contributed by atoms with E-state index >= 15 is 0 Å². The molecule has 1 saturated heterocycles. The van der Waals surface area contributed by atoms with Gasteiger partial charge in [0.25, 0.3) is 10.0 Å². The maximum atomic E-state index is 12.4. The molecule has 2 aliphatic heterocycles. The van der Waals surface area contributed by atoms with Crippen molar-refractivity contribution in [2.24, 2.45) is 10.9 Å². The molecule has 0 aromatic heterocycles. The summed E-state index contributed by atoms with van der Waals surface area (Å²) in [7, 11) is -3.55. The molecule has 0 amide bonds. The number of alkyl halides is 3. The zero-order valence-corrected chi connectivity index (χ0v) is 13.7. The Labute approximate surface area is 138 Å². The Morgan fingerprint density at radius 1 is 1.21 bits per heavy atom. The number of sulfonamides is 1. The van der Waals surface area contributed by atoms with Gasteiger partial charge in [-0.3, -0.25) is 14.6 Å². The van der Waals surface area contributed by atoms with Crippen molar-refractivity contribution in [3.05, 3.63) is 29.8 Å². The number of likely N-dealkylation sites (tertiary alicyclic amines) is 1. The predicted molar refractivity (Wildman–Crippen MR) is 83.4 cm³/mol. The number of nitrogens with one attached hydrogen (secondary N) is 1. The lowest BCUT2D eigenvalue weighted by atomic mass is 9.97. The van der Waals surface area contributed by atoms with Crippen molar-refractivity contribution in [3.8, 4) is 0 Å². The quantitative estimate of drug-likeness (QED) is 0.896. The number of amidine groups is 1. The van der Waals surface area contributed by atoms with Gasteiger partial charge in [0.2, 0.25) is 0 Å². The third-order valence-corrected chi connectivity index (χ3v) is 5.68. The topological polar surface area (TPSA) is 61.8 Å². The van der Waals surface area contributed by atoms with Gasteiger partial charge in [0.1, 0.15) is 5.84 Å². The molecule has 1 aromatic carbocycles. The van der Waals surface area contributed by atoms with E-state index in [9.17, 15) is 21.6 Å². The van der Waals surface area contributed by atoms with Crippen LogP contribution in [0.2, 0.25) is 0 Å². The zero-order valence-electron chi connectivity index (χ0n) is 12.9. The van der Waals surface area contributed by atoms with E-state index in [1.165, 1.54) is 11.0 Å². The SMILES string of the molecule is O=S1(=O)NC(=NCC2CCN(CC(F)(F)F)CC2)c2ccccc21. The standard InChI is InChI=1S/C15H18F3N3O2S/c16-15(17,18)10-21-7-5-11(6-8-21)9-19-14-12-3-1-2-4-13(12)24(22,23)20-14/h1-4,11H,5-10H2,(H,19,20). The van der Waals surface area contributed by atoms with E-state index in [1.54, 1.807) is 18.2 Å². The van der Waals surface area contributed by atoms with Gasteiger partial charge in [-0.15, -0.1) is 0 Å². The van der Waals surface area contributed by atoms with Crippen molar-refractivity contribution < 1.29 is 21.6 Å². The molecular formula is C15H18F3N3O2S. The summed E-state index contributed by atoms with van der Waals surface area (Å²) in [5, 5.41) is 0. The summed E-state index contributed by atoms with van der Waals surface area (Å²) in [6.07, 6.45) is -2.92. The maximum Gasteiger partial charge on any atom is 0.401 e. The Hall–Kier alpha value is -1.61. The average Bonchev–Trinajstić information content (AvgIpc) is 2.77. The van der Waals surface area contributed by atoms with Gasteiger partial charge in [0.15, 0.2) is 0 Å². The molecule has 0 atom stereocenters. The second kappa shape index (κ2) is 6.36. The first kappa shape index (κ1) is 17.2.